The summed E-state index contributed by atoms with van der Waals surface area (Å²) < 4.78 is 21.3. The van der Waals surface area contributed by atoms with Crippen LogP contribution in [-0.2, 0) is 14.6 Å². The van der Waals surface area contributed by atoms with Gasteiger partial charge in [0.25, 0.3) is 0 Å². The van der Waals surface area contributed by atoms with Gasteiger partial charge in [0.15, 0.2) is 0 Å². The minimum atomic E-state index is -3.09. The molecule has 1 atom stereocenters. The number of aliphatic carboxylic acids is 1. The summed E-state index contributed by atoms with van der Waals surface area (Å²) in [6.45, 7) is 0. The molecule has 0 aromatic carbocycles. The van der Waals surface area contributed by atoms with Crippen molar-refractivity contribution in [1.29, 1.82) is 0 Å². The molecule has 0 aliphatic carbocycles. The van der Waals surface area contributed by atoms with Crippen molar-refractivity contribution in [3.63, 3.8) is 0 Å². The maximum Gasteiger partial charge on any atom is 0.303 e. The van der Waals surface area contributed by atoms with E-state index < -0.39 is 21.8 Å². The first kappa shape index (κ1) is 11.4. The van der Waals surface area contributed by atoms with Crippen molar-refractivity contribution in [3.8, 4) is 0 Å². The zero-order valence-electron chi connectivity index (χ0n) is 6.86. The van der Waals surface area contributed by atoms with Gasteiger partial charge in [0, 0.05) is 18.7 Å². The van der Waals surface area contributed by atoms with E-state index in [1.165, 1.54) is 0 Å². The van der Waals surface area contributed by atoms with Crippen molar-refractivity contribution < 1.29 is 18.3 Å². The van der Waals surface area contributed by atoms with Gasteiger partial charge in [-0.2, -0.15) is 0 Å². The number of hydrogen-bond acceptors (Lipinski definition) is 4. The van der Waals surface area contributed by atoms with E-state index in [4.69, 9.17) is 10.8 Å². The van der Waals surface area contributed by atoms with Gasteiger partial charge in [-0.3, -0.25) is 4.79 Å². The van der Waals surface area contributed by atoms with Gasteiger partial charge in [-0.05, 0) is 6.42 Å². The second-order valence-electron chi connectivity index (χ2n) is 2.78. The highest BCUT2D eigenvalue weighted by Crippen LogP contribution is 1.97. The molecule has 0 aromatic heterocycles. The van der Waals surface area contributed by atoms with Crippen LogP contribution in [0.15, 0.2) is 0 Å². The van der Waals surface area contributed by atoms with E-state index in [0.29, 0.717) is 0 Å². The van der Waals surface area contributed by atoms with Crippen LogP contribution in [-0.4, -0.2) is 37.5 Å². The minimum absolute atomic E-state index is 0.0866. The van der Waals surface area contributed by atoms with Crippen LogP contribution >= 0.6 is 0 Å². The fourth-order valence-corrected chi connectivity index (χ4v) is 1.73. The quantitative estimate of drug-likeness (QED) is 0.600. The molecule has 0 amide bonds. The van der Waals surface area contributed by atoms with Gasteiger partial charge in [-0.1, -0.05) is 0 Å². The fraction of sp³-hybridized carbons (Fsp3) is 0.833. The molecular weight excluding hydrogens is 182 g/mol. The summed E-state index contributed by atoms with van der Waals surface area (Å²) in [5, 5.41) is 8.26. The molecule has 0 unspecified atom stereocenters. The highest BCUT2D eigenvalue weighted by atomic mass is 32.2. The number of carboxylic acids is 1. The number of rotatable bonds is 5. The molecule has 0 fully saturated rings. The van der Waals surface area contributed by atoms with Gasteiger partial charge in [0.2, 0.25) is 0 Å². The van der Waals surface area contributed by atoms with Crippen molar-refractivity contribution in [1.82, 2.24) is 0 Å². The van der Waals surface area contributed by atoms with Crippen LogP contribution < -0.4 is 5.73 Å². The molecule has 0 heterocycles. The Morgan fingerprint density at radius 1 is 1.58 bits per heavy atom. The van der Waals surface area contributed by atoms with Crippen molar-refractivity contribution in [2.75, 3.05) is 12.0 Å². The van der Waals surface area contributed by atoms with E-state index in [2.05, 4.69) is 0 Å². The third kappa shape index (κ3) is 7.49. The molecule has 0 radical (unpaired) electrons. The van der Waals surface area contributed by atoms with Gasteiger partial charge in [0.1, 0.15) is 9.84 Å². The predicted molar refractivity (Wildman–Crippen MR) is 44.6 cm³/mol. The molecule has 72 valence electrons. The molecule has 0 bridgehead atoms. The Kier molecular flexibility index (Phi) is 4.19. The highest BCUT2D eigenvalue weighted by Gasteiger charge is 2.11. The van der Waals surface area contributed by atoms with Crippen molar-refractivity contribution in [3.05, 3.63) is 0 Å². The lowest BCUT2D eigenvalue weighted by molar-refractivity contribution is -0.137. The van der Waals surface area contributed by atoms with Gasteiger partial charge in [-0.15, -0.1) is 0 Å². The first-order valence-electron chi connectivity index (χ1n) is 3.46. The summed E-state index contributed by atoms with van der Waals surface area (Å²) >= 11 is 0. The summed E-state index contributed by atoms with van der Waals surface area (Å²) in [6, 6.07) is -0.573. The molecule has 0 saturated heterocycles. The lowest BCUT2D eigenvalue weighted by atomic mass is 10.2. The first-order chi connectivity index (χ1) is 5.31. The van der Waals surface area contributed by atoms with E-state index in [0.717, 1.165) is 6.26 Å². The third-order valence-electron chi connectivity index (χ3n) is 1.25. The van der Waals surface area contributed by atoms with Gasteiger partial charge < -0.3 is 10.8 Å². The fourth-order valence-electron chi connectivity index (χ4n) is 0.781. The molecule has 12 heavy (non-hydrogen) atoms. The smallest absolute Gasteiger partial charge is 0.303 e. The van der Waals surface area contributed by atoms with E-state index in [1.54, 1.807) is 0 Å². The number of nitrogens with two attached hydrogens (primary N) is 1. The van der Waals surface area contributed by atoms with Crippen LogP contribution in [0.5, 0.6) is 0 Å². The van der Waals surface area contributed by atoms with Crippen LogP contribution in [0.25, 0.3) is 0 Å². The zero-order chi connectivity index (χ0) is 9.78. The summed E-state index contributed by atoms with van der Waals surface area (Å²) in [7, 11) is -3.09. The molecule has 0 aliphatic rings. The minimum Gasteiger partial charge on any atom is -0.481 e. The molecular formula is C6H13NO4S. The van der Waals surface area contributed by atoms with Crippen LogP contribution in [0.1, 0.15) is 12.8 Å². The molecule has 0 rings (SSSR count). The predicted octanol–water partition coefficient (Wildman–Crippen LogP) is -0.777. The van der Waals surface area contributed by atoms with Crippen LogP contribution in [0.3, 0.4) is 0 Å². The van der Waals surface area contributed by atoms with Gasteiger partial charge in [0.05, 0.1) is 5.75 Å². The summed E-state index contributed by atoms with van der Waals surface area (Å²) in [5.74, 6) is -1.11. The second kappa shape index (κ2) is 4.42. The Morgan fingerprint density at radius 3 is 2.42 bits per heavy atom. The second-order valence-corrected chi connectivity index (χ2v) is 4.97. The molecule has 5 nitrogen and oxygen atoms in total. The number of carboxylic acid groups (broad SMARTS) is 1. The average molecular weight is 195 g/mol. The topological polar surface area (TPSA) is 97.5 Å². The number of hydrogen-bond donors (Lipinski definition) is 2. The lowest BCUT2D eigenvalue weighted by Gasteiger charge is -2.07. The standard InChI is InChI=1S/C6H13NO4S/c1-12(10,11)4-5(7)2-3-6(8)9/h5H,2-4,7H2,1H3,(H,8,9)/t5-/m1/s1. The van der Waals surface area contributed by atoms with Crippen molar-refractivity contribution in [2.45, 2.75) is 18.9 Å². The molecule has 6 heteroatoms. The third-order valence-corrected chi connectivity index (χ3v) is 2.28. The Balaban J connectivity index is 3.75. The zero-order valence-corrected chi connectivity index (χ0v) is 7.67. The van der Waals surface area contributed by atoms with Gasteiger partial charge in [-0.25, -0.2) is 8.42 Å². The lowest BCUT2D eigenvalue weighted by Crippen LogP contribution is -2.29. The maximum absolute atomic E-state index is 10.7. The summed E-state index contributed by atoms with van der Waals surface area (Å²) in [5.41, 5.74) is 5.37. The number of carbonyl (C=O) groups is 1. The van der Waals surface area contributed by atoms with E-state index in [1.807, 2.05) is 0 Å². The largest absolute Gasteiger partial charge is 0.481 e. The molecule has 0 aliphatic heterocycles. The Hall–Kier alpha value is -0.620. The monoisotopic (exact) mass is 195 g/mol. The number of sulfone groups is 1. The van der Waals surface area contributed by atoms with Crippen LogP contribution in [0.4, 0.5) is 0 Å². The Labute approximate surface area is 71.5 Å². The molecule has 3 N–H and O–H groups in total. The first-order valence-corrected chi connectivity index (χ1v) is 5.52. The Bertz CT molecular complexity index is 246. The average Bonchev–Trinajstić information content (AvgIpc) is 1.79. The summed E-state index contributed by atoms with van der Waals surface area (Å²) in [4.78, 5) is 10.1. The molecule has 0 aromatic rings. The van der Waals surface area contributed by atoms with Crippen LogP contribution in [0, 0.1) is 0 Å². The summed E-state index contributed by atoms with van der Waals surface area (Å²) in [6.07, 6.45) is 1.19. The van der Waals surface area contributed by atoms with Crippen molar-refractivity contribution >= 4 is 15.8 Å². The normalized spacial score (nSPS) is 14.2. The van der Waals surface area contributed by atoms with Crippen molar-refractivity contribution in [2.24, 2.45) is 5.73 Å². The Morgan fingerprint density at radius 2 is 2.08 bits per heavy atom. The SMILES string of the molecule is CS(=O)(=O)C[C@H](N)CCC(=O)O. The maximum atomic E-state index is 10.7. The van der Waals surface area contributed by atoms with E-state index >= 15 is 0 Å². The van der Waals surface area contributed by atoms with Gasteiger partial charge >= 0.3 is 5.97 Å². The molecule has 0 saturated carbocycles. The van der Waals surface area contributed by atoms with E-state index in [-0.39, 0.29) is 18.6 Å². The van der Waals surface area contributed by atoms with Crippen LogP contribution in [0.2, 0.25) is 0 Å². The van der Waals surface area contributed by atoms with E-state index in [9.17, 15) is 13.2 Å². The highest BCUT2D eigenvalue weighted by molar-refractivity contribution is 7.90. The molecule has 0 spiro atoms.